The van der Waals surface area contributed by atoms with Crippen LogP contribution >= 0.6 is 0 Å². The molecular weight excluding hydrogens is 100 g/mol. The Labute approximate surface area is 50.4 Å². The van der Waals surface area contributed by atoms with Crippen LogP contribution in [-0.2, 0) is 0 Å². The third-order valence-electron chi connectivity index (χ3n) is 1.05. The van der Waals surface area contributed by atoms with E-state index in [1.165, 1.54) is 0 Å². The molecule has 5 radical (unpaired) electrons. The lowest BCUT2D eigenvalue weighted by molar-refractivity contribution is 0.786. The second-order valence-electron chi connectivity index (χ2n) is 1.78. The van der Waals surface area contributed by atoms with E-state index in [1.54, 1.807) is 0 Å². The van der Waals surface area contributed by atoms with E-state index in [0.29, 0.717) is 6.54 Å². The molecule has 2 N–H and O–H groups in total. The number of nitrogens with zero attached hydrogens (tertiary/aromatic N) is 1. The molecule has 1 aliphatic rings. The van der Waals surface area contributed by atoms with Crippen LogP contribution in [0.15, 0.2) is 0 Å². The van der Waals surface area contributed by atoms with Crippen molar-refractivity contribution >= 4 is 0 Å². The van der Waals surface area contributed by atoms with E-state index in [-0.39, 0.29) is 0 Å². The molecule has 1 fully saturated rings. The highest BCUT2D eigenvalue weighted by Gasteiger charge is 2.21. The fraction of sp³-hybridized carbons (Fsp3) is 0.333. The maximum absolute atomic E-state index is 5.30. The van der Waals surface area contributed by atoms with E-state index in [9.17, 15) is 0 Å². The zero-order valence-electron chi connectivity index (χ0n) is 4.89. The monoisotopic (exact) mass is 109 g/mol. The SMILES string of the molecule is C[C]1[CH][CH][C](CN)[N]1. The first kappa shape index (κ1) is 6.05. The molecule has 8 heavy (non-hydrogen) atoms. The summed E-state index contributed by atoms with van der Waals surface area (Å²) in [7, 11) is 0. The Kier molecular flexibility index (Phi) is 1.86. The topological polar surface area (TPSA) is 40.1 Å². The van der Waals surface area contributed by atoms with Crippen LogP contribution in [0.5, 0.6) is 0 Å². The Morgan fingerprint density at radius 3 is 2.62 bits per heavy atom. The van der Waals surface area contributed by atoms with Gasteiger partial charge in [0.05, 0.1) is 12.1 Å². The summed E-state index contributed by atoms with van der Waals surface area (Å²) < 4.78 is 0. The summed E-state index contributed by atoms with van der Waals surface area (Å²) in [4.78, 5) is 0. The minimum Gasteiger partial charge on any atom is -0.329 e. The van der Waals surface area contributed by atoms with Crippen LogP contribution in [0, 0.1) is 24.9 Å². The van der Waals surface area contributed by atoms with Gasteiger partial charge in [-0.25, -0.2) is 5.32 Å². The molecule has 2 heteroatoms. The lowest BCUT2D eigenvalue weighted by atomic mass is 10.2. The normalized spacial score (nSPS) is 24.8. The summed E-state index contributed by atoms with van der Waals surface area (Å²) in [5, 5.41) is 4.10. The van der Waals surface area contributed by atoms with E-state index in [2.05, 4.69) is 5.32 Å². The van der Waals surface area contributed by atoms with Gasteiger partial charge < -0.3 is 5.73 Å². The van der Waals surface area contributed by atoms with Crippen LogP contribution in [0.2, 0.25) is 0 Å². The molecule has 1 saturated heterocycles. The first-order chi connectivity index (χ1) is 3.83. The van der Waals surface area contributed by atoms with Crippen molar-refractivity contribution in [2.24, 2.45) is 5.73 Å². The van der Waals surface area contributed by atoms with E-state index in [0.717, 1.165) is 12.1 Å². The quantitative estimate of drug-likeness (QED) is 0.508. The lowest BCUT2D eigenvalue weighted by Crippen LogP contribution is -2.16. The first-order valence-corrected chi connectivity index (χ1v) is 2.62. The second-order valence-corrected chi connectivity index (χ2v) is 1.78. The summed E-state index contributed by atoms with van der Waals surface area (Å²) in [5.74, 6) is 0. The van der Waals surface area contributed by atoms with Gasteiger partial charge in [0, 0.05) is 6.54 Å². The Morgan fingerprint density at radius 1 is 1.62 bits per heavy atom. The highest BCUT2D eigenvalue weighted by molar-refractivity contribution is 5.27. The molecule has 1 aliphatic heterocycles. The fourth-order valence-electron chi connectivity index (χ4n) is 0.632. The van der Waals surface area contributed by atoms with E-state index in [1.807, 2.05) is 19.8 Å². The van der Waals surface area contributed by atoms with Gasteiger partial charge in [-0.05, 0) is 19.8 Å². The third kappa shape index (κ3) is 1.20. The number of hydrogen-bond acceptors (Lipinski definition) is 1. The summed E-state index contributed by atoms with van der Waals surface area (Å²) in [6.07, 6.45) is 3.90. The molecule has 2 nitrogen and oxygen atoms in total. The van der Waals surface area contributed by atoms with Gasteiger partial charge in [-0.15, -0.1) is 0 Å². The summed E-state index contributed by atoms with van der Waals surface area (Å²) in [6.45, 7) is 2.51. The van der Waals surface area contributed by atoms with Crippen molar-refractivity contribution in [1.82, 2.24) is 5.32 Å². The van der Waals surface area contributed by atoms with Crippen molar-refractivity contribution in [3.63, 3.8) is 0 Å². The molecule has 0 unspecified atom stereocenters. The largest absolute Gasteiger partial charge is 0.329 e. The molecule has 0 atom stereocenters. The van der Waals surface area contributed by atoms with Gasteiger partial charge in [0.1, 0.15) is 0 Å². The van der Waals surface area contributed by atoms with Gasteiger partial charge in [0.25, 0.3) is 0 Å². The molecular formula is C6H9N2. The zero-order chi connectivity index (χ0) is 5.98. The molecule has 0 aromatic heterocycles. The van der Waals surface area contributed by atoms with E-state index in [4.69, 9.17) is 5.73 Å². The van der Waals surface area contributed by atoms with Gasteiger partial charge >= 0.3 is 0 Å². The van der Waals surface area contributed by atoms with Crippen molar-refractivity contribution in [2.75, 3.05) is 6.54 Å². The van der Waals surface area contributed by atoms with Gasteiger partial charge in [0.2, 0.25) is 0 Å². The van der Waals surface area contributed by atoms with Gasteiger partial charge in [0.15, 0.2) is 0 Å². The van der Waals surface area contributed by atoms with Crippen molar-refractivity contribution < 1.29 is 0 Å². The molecule has 0 spiro atoms. The maximum Gasteiger partial charge on any atom is 0.0733 e. The summed E-state index contributed by atoms with van der Waals surface area (Å²) in [6, 6.07) is 2.02. The smallest absolute Gasteiger partial charge is 0.0733 e. The number of nitrogens with two attached hydrogens (primary N) is 1. The second kappa shape index (κ2) is 2.46. The summed E-state index contributed by atoms with van der Waals surface area (Å²) >= 11 is 0. The average molecular weight is 109 g/mol. The third-order valence-corrected chi connectivity index (χ3v) is 1.05. The molecule has 0 bridgehead atoms. The van der Waals surface area contributed by atoms with Gasteiger partial charge in [-0.2, -0.15) is 0 Å². The van der Waals surface area contributed by atoms with Crippen LogP contribution in [0.4, 0.5) is 0 Å². The Balaban J connectivity index is 2.22. The molecule has 0 amide bonds. The Hall–Kier alpha value is -0.0800. The molecule has 0 aliphatic carbocycles. The lowest BCUT2D eigenvalue weighted by Gasteiger charge is -2.01. The molecule has 0 aromatic carbocycles. The molecule has 1 rings (SSSR count). The molecule has 43 valence electrons. The van der Waals surface area contributed by atoms with E-state index < -0.39 is 0 Å². The van der Waals surface area contributed by atoms with Crippen molar-refractivity contribution in [3.05, 3.63) is 24.9 Å². The average Bonchev–Trinajstić information content (AvgIpc) is 2.14. The highest BCUT2D eigenvalue weighted by atomic mass is 15.0. The predicted molar refractivity (Wildman–Crippen MR) is 31.9 cm³/mol. The van der Waals surface area contributed by atoms with Crippen molar-refractivity contribution in [2.45, 2.75) is 6.92 Å². The Morgan fingerprint density at radius 2 is 2.38 bits per heavy atom. The standard InChI is InChI=1S/C6H9N2/c1-5-2-3-6(4-7)8-5/h2-3H,4,7H2,1H3. The van der Waals surface area contributed by atoms with Crippen LogP contribution in [0.3, 0.4) is 0 Å². The number of rotatable bonds is 1. The van der Waals surface area contributed by atoms with Crippen LogP contribution in [0.25, 0.3) is 0 Å². The number of hydrogen-bond donors (Lipinski definition) is 1. The van der Waals surface area contributed by atoms with Gasteiger partial charge in [-0.1, -0.05) is 0 Å². The molecule has 0 aromatic rings. The van der Waals surface area contributed by atoms with Crippen molar-refractivity contribution in [3.8, 4) is 0 Å². The maximum atomic E-state index is 5.30. The van der Waals surface area contributed by atoms with Crippen molar-refractivity contribution in [1.29, 1.82) is 0 Å². The molecule has 0 saturated carbocycles. The van der Waals surface area contributed by atoms with Crippen LogP contribution < -0.4 is 11.1 Å². The summed E-state index contributed by atoms with van der Waals surface area (Å²) in [5.41, 5.74) is 5.30. The van der Waals surface area contributed by atoms with Crippen LogP contribution in [0.1, 0.15) is 6.92 Å². The molecule has 1 heterocycles. The Bertz CT molecular complexity index is 72.9. The minimum absolute atomic E-state index is 0.549. The van der Waals surface area contributed by atoms with E-state index >= 15 is 0 Å². The first-order valence-electron chi connectivity index (χ1n) is 2.62. The predicted octanol–water partition coefficient (Wildman–Crippen LogP) is 0.0556. The van der Waals surface area contributed by atoms with Crippen LogP contribution in [-0.4, -0.2) is 6.54 Å². The minimum atomic E-state index is 0.549. The highest BCUT2D eigenvalue weighted by Crippen LogP contribution is 2.21. The fourth-order valence-corrected chi connectivity index (χ4v) is 0.632. The van der Waals surface area contributed by atoms with Gasteiger partial charge in [-0.3, -0.25) is 0 Å². The zero-order valence-corrected chi connectivity index (χ0v) is 4.89.